The first-order valence-electron chi connectivity index (χ1n) is 10.4. The summed E-state index contributed by atoms with van der Waals surface area (Å²) < 4.78 is 0. The van der Waals surface area contributed by atoms with Crippen LogP contribution in [-0.4, -0.2) is 11.1 Å². The highest BCUT2D eigenvalue weighted by molar-refractivity contribution is 5.81. The van der Waals surface area contributed by atoms with E-state index in [9.17, 15) is 4.79 Å². The van der Waals surface area contributed by atoms with E-state index in [0.29, 0.717) is 5.92 Å². The molecule has 0 aromatic heterocycles. The van der Waals surface area contributed by atoms with E-state index < -0.39 is 5.97 Å². The van der Waals surface area contributed by atoms with Crippen LogP contribution in [0.15, 0.2) is 58.2 Å². The molecule has 1 aliphatic carbocycles. The summed E-state index contributed by atoms with van der Waals surface area (Å²) in [5, 5.41) is 8.78. The van der Waals surface area contributed by atoms with Crippen molar-refractivity contribution < 1.29 is 9.90 Å². The molecule has 1 aliphatic rings. The lowest BCUT2D eigenvalue weighted by atomic mass is 9.78. The molecule has 0 bridgehead atoms. The van der Waals surface area contributed by atoms with Gasteiger partial charge in [0.15, 0.2) is 0 Å². The molecule has 150 valence electrons. The quantitative estimate of drug-likeness (QED) is 0.339. The molecule has 2 heteroatoms. The molecule has 0 spiro atoms. The van der Waals surface area contributed by atoms with E-state index in [1.807, 2.05) is 12.2 Å². The summed E-state index contributed by atoms with van der Waals surface area (Å²) in [6.07, 6.45) is 16.7. The van der Waals surface area contributed by atoms with Gasteiger partial charge in [-0.3, -0.25) is 0 Å². The molecule has 0 saturated carbocycles. The predicted octanol–water partition coefficient (Wildman–Crippen LogP) is 7.41. The molecule has 27 heavy (non-hydrogen) atoms. The zero-order valence-electron chi connectivity index (χ0n) is 18.1. The number of rotatable bonds is 9. The molecular weight excluding hydrogens is 332 g/mol. The van der Waals surface area contributed by atoms with Gasteiger partial charge in [-0.05, 0) is 80.9 Å². The fourth-order valence-corrected chi connectivity index (χ4v) is 3.60. The second-order valence-electron chi connectivity index (χ2n) is 8.27. The van der Waals surface area contributed by atoms with Crippen molar-refractivity contribution in [1.29, 1.82) is 0 Å². The summed E-state index contributed by atoms with van der Waals surface area (Å²) >= 11 is 0. The van der Waals surface area contributed by atoms with Gasteiger partial charge in [0.1, 0.15) is 0 Å². The molecule has 0 amide bonds. The molecule has 2 nitrogen and oxygen atoms in total. The van der Waals surface area contributed by atoms with E-state index in [4.69, 9.17) is 5.11 Å². The maximum absolute atomic E-state index is 10.7. The Morgan fingerprint density at radius 2 is 1.85 bits per heavy atom. The van der Waals surface area contributed by atoms with Crippen LogP contribution in [0.5, 0.6) is 0 Å². The predicted molar refractivity (Wildman–Crippen MR) is 117 cm³/mol. The van der Waals surface area contributed by atoms with Crippen LogP contribution in [0.3, 0.4) is 0 Å². The summed E-state index contributed by atoms with van der Waals surface area (Å²) in [5.74, 6) is 0.492. The van der Waals surface area contributed by atoms with E-state index in [0.717, 1.165) is 11.5 Å². The molecule has 0 unspecified atom stereocenters. The Morgan fingerprint density at radius 1 is 1.15 bits per heavy atom. The third-order valence-electron chi connectivity index (χ3n) is 5.32. The molecule has 1 rings (SSSR count). The highest BCUT2D eigenvalue weighted by Gasteiger charge is 2.20. The molecule has 1 atom stereocenters. The highest BCUT2D eigenvalue weighted by atomic mass is 16.4. The number of carbonyl (C=O) groups is 1. The molecule has 0 heterocycles. The Balaban J connectivity index is 3.09. The second-order valence-corrected chi connectivity index (χ2v) is 8.27. The maximum atomic E-state index is 10.7. The first kappa shape index (κ1) is 23.2. The van der Waals surface area contributed by atoms with Crippen molar-refractivity contribution in [2.24, 2.45) is 11.8 Å². The van der Waals surface area contributed by atoms with Gasteiger partial charge in [-0.1, -0.05) is 63.1 Å². The Labute approximate surface area is 166 Å². The van der Waals surface area contributed by atoms with E-state index in [1.54, 1.807) is 18.1 Å². The number of allylic oxidation sites excluding steroid dienone is 9. The van der Waals surface area contributed by atoms with Gasteiger partial charge in [0, 0.05) is 6.08 Å². The standard InChI is InChI=1S/C25H38O2/c1-7-21(6)23-13-9-12-22(24(23)15-14-18(2)3)16-19(4)10-8-11-20(5)17-25(26)27/h8,10-11,16-18,21H,7,9,12-15H2,1-6H3,(H,26,27)/b11-8+,19-10-,20-17+,22-16+/t21-/m0/s1. The SMILES string of the molecule is CC[C@H](C)C1=C(CCC(C)C)/C(=C/C(C)=C\C=C\C(C)=C\C(=O)O)CCC1. The monoisotopic (exact) mass is 370 g/mol. The van der Waals surface area contributed by atoms with Crippen molar-refractivity contribution in [3.05, 3.63) is 58.2 Å². The Morgan fingerprint density at radius 3 is 2.44 bits per heavy atom. The van der Waals surface area contributed by atoms with Gasteiger partial charge >= 0.3 is 5.97 Å². The number of carboxylic acids is 1. The van der Waals surface area contributed by atoms with Crippen molar-refractivity contribution in [2.45, 2.75) is 80.1 Å². The topological polar surface area (TPSA) is 37.3 Å². The third kappa shape index (κ3) is 8.60. The molecule has 0 aromatic rings. The van der Waals surface area contributed by atoms with E-state index >= 15 is 0 Å². The van der Waals surface area contributed by atoms with Crippen LogP contribution in [0, 0.1) is 11.8 Å². The minimum absolute atomic E-state index is 0.670. The van der Waals surface area contributed by atoms with Crippen molar-refractivity contribution >= 4 is 5.97 Å². The lowest BCUT2D eigenvalue weighted by Gasteiger charge is -2.28. The summed E-state index contributed by atoms with van der Waals surface area (Å²) in [6.45, 7) is 13.2. The highest BCUT2D eigenvalue weighted by Crippen LogP contribution is 2.38. The first-order chi connectivity index (χ1) is 12.7. The number of hydrogen-bond acceptors (Lipinski definition) is 1. The normalized spacial score (nSPS) is 19.4. The molecule has 0 radical (unpaired) electrons. The van der Waals surface area contributed by atoms with Crippen molar-refractivity contribution in [1.82, 2.24) is 0 Å². The van der Waals surface area contributed by atoms with Crippen LogP contribution in [0.1, 0.15) is 80.1 Å². The van der Waals surface area contributed by atoms with Crippen LogP contribution >= 0.6 is 0 Å². The summed E-state index contributed by atoms with van der Waals surface area (Å²) in [6, 6.07) is 0. The van der Waals surface area contributed by atoms with E-state index in [1.165, 1.54) is 55.7 Å². The molecule has 1 N–H and O–H groups in total. The van der Waals surface area contributed by atoms with Crippen molar-refractivity contribution in [2.75, 3.05) is 0 Å². The van der Waals surface area contributed by atoms with Crippen molar-refractivity contribution in [3.8, 4) is 0 Å². The summed E-state index contributed by atoms with van der Waals surface area (Å²) in [4.78, 5) is 10.7. The maximum Gasteiger partial charge on any atom is 0.328 e. The van der Waals surface area contributed by atoms with Gasteiger partial charge in [-0.15, -0.1) is 0 Å². The number of hydrogen-bond donors (Lipinski definition) is 1. The minimum atomic E-state index is -0.903. The van der Waals surface area contributed by atoms with Crippen LogP contribution in [0.4, 0.5) is 0 Å². The summed E-state index contributed by atoms with van der Waals surface area (Å²) in [7, 11) is 0. The fourth-order valence-electron chi connectivity index (χ4n) is 3.60. The summed E-state index contributed by atoms with van der Waals surface area (Å²) in [5.41, 5.74) is 6.77. The van der Waals surface area contributed by atoms with Gasteiger partial charge < -0.3 is 5.11 Å². The fraction of sp³-hybridized carbons (Fsp3) is 0.560. The largest absolute Gasteiger partial charge is 0.478 e. The molecule has 0 fully saturated rings. The lowest BCUT2D eigenvalue weighted by molar-refractivity contribution is -0.131. The molecule has 0 aromatic carbocycles. The molecular formula is C25H38O2. The lowest BCUT2D eigenvalue weighted by Crippen LogP contribution is -2.10. The first-order valence-corrected chi connectivity index (χ1v) is 10.4. The number of aliphatic carboxylic acids is 1. The van der Waals surface area contributed by atoms with Gasteiger partial charge in [0.2, 0.25) is 0 Å². The van der Waals surface area contributed by atoms with E-state index in [2.05, 4.69) is 46.8 Å². The average molecular weight is 371 g/mol. The zero-order chi connectivity index (χ0) is 20.4. The zero-order valence-corrected chi connectivity index (χ0v) is 18.1. The molecule has 0 saturated heterocycles. The smallest absolute Gasteiger partial charge is 0.328 e. The van der Waals surface area contributed by atoms with Gasteiger partial charge in [0.05, 0.1) is 0 Å². The van der Waals surface area contributed by atoms with Crippen LogP contribution < -0.4 is 0 Å². The van der Waals surface area contributed by atoms with Crippen molar-refractivity contribution in [3.63, 3.8) is 0 Å². The van der Waals surface area contributed by atoms with Crippen LogP contribution in [0.2, 0.25) is 0 Å². The van der Waals surface area contributed by atoms with Crippen LogP contribution in [-0.2, 0) is 4.79 Å². The van der Waals surface area contributed by atoms with Gasteiger partial charge in [0.25, 0.3) is 0 Å². The third-order valence-corrected chi connectivity index (χ3v) is 5.32. The number of carboxylic acid groups (broad SMARTS) is 1. The van der Waals surface area contributed by atoms with E-state index in [-0.39, 0.29) is 0 Å². The molecule has 0 aliphatic heterocycles. The average Bonchev–Trinajstić information content (AvgIpc) is 2.58. The second kappa shape index (κ2) is 11.8. The van der Waals surface area contributed by atoms with Crippen LogP contribution in [0.25, 0.3) is 0 Å². The Bertz CT molecular complexity index is 654. The van der Waals surface area contributed by atoms with Gasteiger partial charge in [-0.25, -0.2) is 4.79 Å². The Kier molecular flexibility index (Phi) is 10.1. The minimum Gasteiger partial charge on any atom is -0.478 e. The van der Waals surface area contributed by atoms with Gasteiger partial charge in [-0.2, -0.15) is 0 Å². The Hall–Kier alpha value is -1.83.